The zero-order valence-corrected chi connectivity index (χ0v) is 17.5. The molecule has 0 unspecified atom stereocenters. The lowest BCUT2D eigenvalue weighted by molar-refractivity contribution is 0.415. The third-order valence-electron chi connectivity index (χ3n) is 5.16. The van der Waals surface area contributed by atoms with Crippen molar-refractivity contribution in [2.24, 2.45) is 0 Å². The smallest absolute Gasteiger partial charge is 0.232 e. The molecule has 6 nitrogen and oxygen atoms in total. The van der Waals surface area contributed by atoms with Gasteiger partial charge < -0.3 is 14.5 Å². The number of hydrogen-bond acceptors (Lipinski definition) is 6. The van der Waals surface area contributed by atoms with E-state index in [-0.39, 0.29) is 0 Å². The Bertz CT molecular complexity index is 1180. The van der Waals surface area contributed by atoms with E-state index in [1.54, 1.807) is 7.11 Å². The van der Waals surface area contributed by atoms with E-state index in [0.717, 1.165) is 65.2 Å². The highest BCUT2D eigenvalue weighted by molar-refractivity contribution is 6.05. The van der Waals surface area contributed by atoms with Crippen LogP contribution in [0.2, 0.25) is 0 Å². The van der Waals surface area contributed by atoms with Crippen LogP contribution >= 0.6 is 0 Å². The summed E-state index contributed by atoms with van der Waals surface area (Å²) in [5, 5.41) is 13.0. The van der Waals surface area contributed by atoms with Gasteiger partial charge in [0.05, 0.1) is 18.6 Å². The molecule has 156 valence electrons. The highest BCUT2D eigenvalue weighted by atomic mass is 16.5. The van der Waals surface area contributed by atoms with Crippen LogP contribution in [0.15, 0.2) is 65.3 Å². The molecule has 4 aromatic rings. The van der Waals surface area contributed by atoms with Crippen LogP contribution < -0.4 is 10.1 Å². The maximum atomic E-state index is 8.69. The second kappa shape index (κ2) is 9.77. The molecular weight excluding hydrogens is 388 g/mol. The van der Waals surface area contributed by atoms with E-state index in [2.05, 4.69) is 21.4 Å². The molecule has 0 aliphatic rings. The molecule has 0 radical (unpaired) electrons. The van der Waals surface area contributed by atoms with Crippen LogP contribution in [-0.2, 0) is 0 Å². The molecule has 0 aliphatic heterocycles. The SMILES string of the molecule is COc1ccc(-c2c(-c3ccccc3)oc3ncnc(NCCCCCC#N)c23)cc1. The van der Waals surface area contributed by atoms with Crippen LogP contribution in [0.25, 0.3) is 33.6 Å². The fraction of sp³-hybridized carbons (Fsp3) is 0.240. The Labute approximate surface area is 181 Å². The number of benzene rings is 2. The van der Waals surface area contributed by atoms with Gasteiger partial charge in [0.2, 0.25) is 5.71 Å². The summed E-state index contributed by atoms with van der Waals surface area (Å²) >= 11 is 0. The molecule has 4 rings (SSSR count). The van der Waals surface area contributed by atoms with Gasteiger partial charge in [0.1, 0.15) is 23.7 Å². The minimum absolute atomic E-state index is 0.548. The Morgan fingerprint density at radius 3 is 2.52 bits per heavy atom. The number of anilines is 1. The van der Waals surface area contributed by atoms with Crippen molar-refractivity contribution < 1.29 is 9.15 Å². The summed E-state index contributed by atoms with van der Waals surface area (Å²) in [6, 6.07) is 20.1. The van der Waals surface area contributed by atoms with Gasteiger partial charge in [-0.25, -0.2) is 9.97 Å². The van der Waals surface area contributed by atoms with Gasteiger partial charge >= 0.3 is 0 Å². The van der Waals surface area contributed by atoms with Gasteiger partial charge in [-0.15, -0.1) is 0 Å². The monoisotopic (exact) mass is 412 g/mol. The lowest BCUT2D eigenvalue weighted by Gasteiger charge is -2.09. The highest BCUT2D eigenvalue weighted by Gasteiger charge is 2.22. The normalized spacial score (nSPS) is 10.7. The molecule has 2 aromatic carbocycles. The number of aromatic nitrogens is 2. The van der Waals surface area contributed by atoms with E-state index in [9.17, 15) is 0 Å². The minimum Gasteiger partial charge on any atom is -0.497 e. The molecule has 0 saturated heterocycles. The number of methoxy groups -OCH3 is 1. The molecule has 2 heterocycles. The maximum absolute atomic E-state index is 8.69. The van der Waals surface area contributed by atoms with Crippen LogP contribution in [-0.4, -0.2) is 23.6 Å². The van der Waals surface area contributed by atoms with Crippen molar-refractivity contribution in [3.8, 4) is 34.3 Å². The van der Waals surface area contributed by atoms with Gasteiger partial charge in [0.15, 0.2) is 0 Å². The van der Waals surface area contributed by atoms with E-state index in [1.807, 2.05) is 54.6 Å². The summed E-state index contributed by atoms with van der Waals surface area (Å²) in [5.41, 5.74) is 3.49. The number of nitriles is 1. The van der Waals surface area contributed by atoms with Crippen LogP contribution in [0.5, 0.6) is 5.75 Å². The molecule has 0 spiro atoms. The predicted octanol–water partition coefficient (Wildman–Crippen LogP) is 6.06. The lowest BCUT2D eigenvalue weighted by Crippen LogP contribution is -2.04. The Morgan fingerprint density at radius 1 is 0.968 bits per heavy atom. The second-order valence-corrected chi connectivity index (χ2v) is 7.20. The topological polar surface area (TPSA) is 84.0 Å². The number of rotatable bonds is 9. The van der Waals surface area contributed by atoms with Gasteiger partial charge in [-0.1, -0.05) is 48.9 Å². The third-order valence-corrected chi connectivity index (χ3v) is 5.16. The van der Waals surface area contributed by atoms with Gasteiger partial charge in [0.25, 0.3) is 0 Å². The van der Waals surface area contributed by atoms with Gasteiger partial charge in [-0.2, -0.15) is 5.26 Å². The number of nitrogens with one attached hydrogen (secondary N) is 1. The number of ether oxygens (including phenoxy) is 1. The first-order valence-corrected chi connectivity index (χ1v) is 10.4. The average molecular weight is 412 g/mol. The molecule has 0 saturated carbocycles. The Balaban J connectivity index is 1.76. The van der Waals surface area contributed by atoms with E-state index in [1.165, 1.54) is 6.33 Å². The summed E-state index contributed by atoms with van der Waals surface area (Å²) in [6.45, 7) is 0.769. The average Bonchev–Trinajstić information content (AvgIpc) is 3.22. The lowest BCUT2D eigenvalue weighted by atomic mass is 9.99. The molecular formula is C25H24N4O2. The molecule has 31 heavy (non-hydrogen) atoms. The highest BCUT2D eigenvalue weighted by Crippen LogP contribution is 2.42. The van der Waals surface area contributed by atoms with Crippen LogP contribution in [0, 0.1) is 11.3 Å². The van der Waals surface area contributed by atoms with Crippen LogP contribution in [0.3, 0.4) is 0 Å². The van der Waals surface area contributed by atoms with E-state index >= 15 is 0 Å². The molecule has 6 heteroatoms. The van der Waals surface area contributed by atoms with Crippen molar-refractivity contribution in [2.45, 2.75) is 25.7 Å². The summed E-state index contributed by atoms with van der Waals surface area (Å²) < 4.78 is 11.6. The van der Waals surface area contributed by atoms with E-state index in [0.29, 0.717) is 12.1 Å². The largest absolute Gasteiger partial charge is 0.497 e. The zero-order valence-electron chi connectivity index (χ0n) is 17.5. The fourth-order valence-electron chi connectivity index (χ4n) is 3.61. The number of hydrogen-bond donors (Lipinski definition) is 1. The first-order valence-electron chi connectivity index (χ1n) is 10.4. The standard InChI is InChI=1S/C25H24N4O2/c1-30-20-13-11-18(12-14-20)21-22-24(27-16-8-3-2-7-15-26)28-17-29-25(22)31-23(21)19-9-5-4-6-10-19/h4-6,9-14,17H,2-3,7-8,16H2,1H3,(H,27,28,29). The van der Waals surface area contributed by atoms with Gasteiger partial charge in [-0.3, -0.25) is 0 Å². The molecule has 0 fully saturated rings. The molecule has 2 aromatic heterocycles. The number of unbranched alkanes of at least 4 members (excludes halogenated alkanes) is 3. The van der Waals surface area contributed by atoms with Gasteiger partial charge in [0, 0.05) is 24.1 Å². The Morgan fingerprint density at radius 2 is 1.77 bits per heavy atom. The predicted molar refractivity (Wildman–Crippen MR) is 122 cm³/mol. The zero-order chi connectivity index (χ0) is 21.5. The summed E-state index contributed by atoms with van der Waals surface area (Å²) in [4.78, 5) is 8.91. The minimum atomic E-state index is 0.548. The van der Waals surface area contributed by atoms with E-state index < -0.39 is 0 Å². The van der Waals surface area contributed by atoms with Crippen molar-refractivity contribution in [2.75, 3.05) is 19.0 Å². The summed E-state index contributed by atoms with van der Waals surface area (Å²) in [6.07, 6.45) is 5.01. The number of furan rings is 1. The number of fused-ring (bicyclic) bond motifs is 1. The van der Waals surface area contributed by atoms with Crippen molar-refractivity contribution in [1.82, 2.24) is 9.97 Å². The van der Waals surface area contributed by atoms with Crippen molar-refractivity contribution in [3.63, 3.8) is 0 Å². The summed E-state index contributed by atoms with van der Waals surface area (Å²) in [5.74, 6) is 2.31. The van der Waals surface area contributed by atoms with E-state index in [4.69, 9.17) is 14.4 Å². The number of nitrogens with zero attached hydrogens (tertiary/aromatic N) is 3. The Kier molecular flexibility index (Phi) is 6.44. The van der Waals surface area contributed by atoms with Crippen molar-refractivity contribution in [1.29, 1.82) is 5.26 Å². The van der Waals surface area contributed by atoms with Crippen molar-refractivity contribution in [3.05, 3.63) is 60.9 Å². The molecule has 1 N–H and O–H groups in total. The summed E-state index contributed by atoms with van der Waals surface area (Å²) in [7, 11) is 1.66. The molecule has 0 aliphatic carbocycles. The second-order valence-electron chi connectivity index (χ2n) is 7.20. The molecule has 0 atom stereocenters. The first kappa shape index (κ1) is 20.4. The van der Waals surface area contributed by atoms with Crippen molar-refractivity contribution >= 4 is 16.9 Å². The quantitative estimate of drug-likeness (QED) is 0.336. The molecule has 0 bridgehead atoms. The third kappa shape index (κ3) is 4.51. The van der Waals surface area contributed by atoms with Crippen LogP contribution in [0.1, 0.15) is 25.7 Å². The van der Waals surface area contributed by atoms with Gasteiger partial charge in [-0.05, 0) is 30.5 Å². The van der Waals surface area contributed by atoms with Crippen LogP contribution in [0.4, 0.5) is 5.82 Å². The molecule has 0 amide bonds. The maximum Gasteiger partial charge on any atom is 0.232 e. The Hall–Kier alpha value is -3.85. The first-order chi connectivity index (χ1) is 15.3. The fourth-order valence-corrected chi connectivity index (χ4v) is 3.61.